The van der Waals surface area contributed by atoms with E-state index >= 15 is 0 Å². The fraction of sp³-hybridized carbons (Fsp3) is 0. The molecule has 2 rings (SSSR count). The van der Waals surface area contributed by atoms with Gasteiger partial charge in [0.25, 0.3) is 0 Å². The summed E-state index contributed by atoms with van der Waals surface area (Å²) in [6, 6.07) is 5.99. The zero-order chi connectivity index (χ0) is 14.7. The maximum absolute atomic E-state index is 13.6. The number of nitriles is 1. The van der Waals surface area contributed by atoms with Crippen molar-refractivity contribution in [3.63, 3.8) is 0 Å². The Kier molecular flexibility index (Phi) is 3.72. The van der Waals surface area contributed by atoms with Gasteiger partial charge in [0.2, 0.25) is 0 Å². The van der Waals surface area contributed by atoms with Gasteiger partial charge in [0, 0.05) is 6.07 Å². The molecule has 0 bridgehead atoms. The van der Waals surface area contributed by atoms with E-state index in [9.17, 15) is 13.2 Å². The highest BCUT2D eigenvalue weighted by Gasteiger charge is 2.14. The van der Waals surface area contributed by atoms with E-state index in [1.54, 1.807) is 6.07 Å². The lowest BCUT2D eigenvalue weighted by molar-refractivity contribution is 0.579. The van der Waals surface area contributed by atoms with Crippen LogP contribution in [0.25, 0.3) is 0 Å². The highest BCUT2D eigenvalue weighted by atomic mass is 19.1. The summed E-state index contributed by atoms with van der Waals surface area (Å²) < 4.78 is 40.2. The first-order valence-electron chi connectivity index (χ1n) is 5.35. The van der Waals surface area contributed by atoms with Gasteiger partial charge in [0.1, 0.15) is 17.4 Å². The summed E-state index contributed by atoms with van der Waals surface area (Å²) >= 11 is 0. The molecule has 0 aliphatic carbocycles. The minimum absolute atomic E-state index is 0.00785. The van der Waals surface area contributed by atoms with E-state index in [0.717, 1.165) is 6.07 Å². The van der Waals surface area contributed by atoms with E-state index in [2.05, 4.69) is 10.3 Å². The first kappa shape index (κ1) is 13.6. The predicted molar refractivity (Wildman–Crippen MR) is 66.4 cm³/mol. The summed E-state index contributed by atoms with van der Waals surface area (Å²) in [4.78, 5) is 3.56. The second-order valence-corrected chi connectivity index (χ2v) is 3.69. The lowest BCUT2D eigenvalue weighted by atomic mass is 10.2. The van der Waals surface area contributed by atoms with Gasteiger partial charge in [0.15, 0.2) is 23.3 Å². The highest BCUT2D eigenvalue weighted by molar-refractivity contribution is 5.66. The number of hydrogen-bond acceptors (Lipinski definition) is 5. The number of nitrogens with two attached hydrogens (primary N) is 1. The average Bonchev–Trinajstić information content (AvgIpc) is 2.42. The molecule has 0 saturated heterocycles. The largest absolute Gasteiger partial charge is 0.337 e. The van der Waals surface area contributed by atoms with E-state index in [1.807, 2.05) is 5.43 Å². The summed E-state index contributed by atoms with van der Waals surface area (Å²) in [5, 5.41) is 11.3. The summed E-state index contributed by atoms with van der Waals surface area (Å²) in [5.74, 6) is 1.51. The molecule has 8 heteroatoms. The van der Waals surface area contributed by atoms with E-state index < -0.39 is 17.5 Å². The topological polar surface area (TPSA) is 86.8 Å². The number of halogens is 3. The molecule has 5 nitrogen and oxygen atoms in total. The van der Waals surface area contributed by atoms with Gasteiger partial charge in [-0.05, 0) is 12.1 Å². The number of benzene rings is 1. The molecule has 2 aromatic rings. The summed E-state index contributed by atoms with van der Waals surface area (Å²) in [6.45, 7) is 0. The number of nitrogens with zero attached hydrogens (tertiary/aromatic N) is 2. The van der Waals surface area contributed by atoms with Gasteiger partial charge in [-0.2, -0.15) is 5.26 Å². The van der Waals surface area contributed by atoms with Crippen LogP contribution in [-0.2, 0) is 0 Å². The molecule has 0 amide bonds. The summed E-state index contributed by atoms with van der Waals surface area (Å²) in [7, 11) is 0. The van der Waals surface area contributed by atoms with Gasteiger partial charge < -0.3 is 10.7 Å². The molecule has 0 saturated carbocycles. The maximum atomic E-state index is 13.6. The van der Waals surface area contributed by atoms with Crippen LogP contribution in [0.1, 0.15) is 5.56 Å². The van der Waals surface area contributed by atoms with Crippen molar-refractivity contribution >= 4 is 17.3 Å². The van der Waals surface area contributed by atoms with Gasteiger partial charge in [-0.25, -0.2) is 24.0 Å². The third kappa shape index (κ3) is 2.48. The lowest BCUT2D eigenvalue weighted by Gasteiger charge is -2.10. The molecular formula is C12H8F3N5. The molecule has 1 aromatic heterocycles. The number of nitrogen functional groups attached to an aromatic ring is 1. The van der Waals surface area contributed by atoms with Gasteiger partial charge in [0.05, 0.1) is 5.69 Å². The first-order valence-corrected chi connectivity index (χ1v) is 5.35. The Balaban J connectivity index is 2.46. The normalized spacial score (nSPS) is 9.95. The van der Waals surface area contributed by atoms with Crippen molar-refractivity contribution in [3.05, 3.63) is 47.3 Å². The van der Waals surface area contributed by atoms with Crippen LogP contribution in [0.2, 0.25) is 0 Å². The third-order valence-electron chi connectivity index (χ3n) is 2.44. The molecule has 1 aromatic carbocycles. The monoisotopic (exact) mass is 279 g/mol. The quantitative estimate of drug-likeness (QED) is 0.593. The van der Waals surface area contributed by atoms with Crippen LogP contribution < -0.4 is 16.6 Å². The number of anilines is 3. The zero-order valence-electron chi connectivity index (χ0n) is 9.92. The number of nitrogens with one attached hydrogen (secondary N) is 2. The van der Waals surface area contributed by atoms with Crippen LogP contribution in [-0.4, -0.2) is 4.98 Å². The van der Waals surface area contributed by atoms with Crippen molar-refractivity contribution < 1.29 is 13.2 Å². The standard InChI is InChI=1S/C12H8F3N5/c13-7-2-1-3-10(6(7)5-16)18-11-8(14)4-9(15)12(19-11)20-17/h1-4H,17H2,(H2,18,19,20). The van der Waals surface area contributed by atoms with E-state index in [0.29, 0.717) is 6.07 Å². The SMILES string of the molecule is N#Cc1c(F)cccc1Nc1nc(NN)c(F)cc1F. The number of rotatable bonds is 3. The molecule has 0 aliphatic heterocycles. The molecule has 0 spiro atoms. The molecular weight excluding hydrogens is 271 g/mol. The summed E-state index contributed by atoms with van der Waals surface area (Å²) in [6.07, 6.45) is 0. The molecule has 102 valence electrons. The van der Waals surface area contributed by atoms with Crippen LogP contribution >= 0.6 is 0 Å². The third-order valence-corrected chi connectivity index (χ3v) is 2.44. The van der Waals surface area contributed by atoms with Gasteiger partial charge in [-0.15, -0.1) is 0 Å². The predicted octanol–water partition coefficient (Wildman–Crippen LogP) is 2.40. The van der Waals surface area contributed by atoms with Crippen LogP contribution in [0.15, 0.2) is 24.3 Å². The molecule has 1 heterocycles. The number of hydrazine groups is 1. The van der Waals surface area contributed by atoms with Crippen molar-refractivity contribution in [2.45, 2.75) is 0 Å². The van der Waals surface area contributed by atoms with Gasteiger partial charge >= 0.3 is 0 Å². The molecule has 0 aliphatic rings. The van der Waals surface area contributed by atoms with Crippen molar-refractivity contribution in [3.8, 4) is 6.07 Å². The van der Waals surface area contributed by atoms with Crippen molar-refractivity contribution in [2.24, 2.45) is 5.84 Å². The van der Waals surface area contributed by atoms with Gasteiger partial charge in [-0.1, -0.05) is 6.07 Å². The maximum Gasteiger partial charge on any atom is 0.178 e. The minimum Gasteiger partial charge on any atom is -0.337 e. The molecule has 0 radical (unpaired) electrons. The number of aromatic nitrogens is 1. The summed E-state index contributed by atoms with van der Waals surface area (Å²) in [5.41, 5.74) is 1.66. The average molecular weight is 279 g/mol. The van der Waals surface area contributed by atoms with E-state index in [4.69, 9.17) is 11.1 Å². The lowest BCUT2D eigenvalue weighted by Crippen LogP contribution is -2.12. The molecule has 0 unspecified atom stereocenters. The van der Waals surface area contributed by atoms with Crippen LogP contribution in [0.5, 0.6) is 0 Å². The van der Waals surface area contributed by atoms with Crippen molar-refractivity contribution in [2.75, 3.05) is 10.7 Å². The highest BCUT2D eigenvalue weighted by Crippen LogP contribution is 2.25. The Bertz CT molecular complexity index is 696. The Labute approximate surface area is 111 Å². The van der Waals surface area contributed by atoms with Crippen LogP contribution in [0.4, 0.5) is 30.5 Å². The van der Waals surface area contributed by atoms with Gasteiger partial charge in [-0.3, -0.25) is 0 Å². The second kappa shape index (κ2) is 5.46. The fourth-order valence-electron chi connectivity index (χ4n) is 1.52. The van der Waals surface area contributed by atoms with Crippen LogP contribution in [0, 0.1) is 28.8 Å². The Morgan fingerprint density at radius 1 is 1.10 bits per heavy atom. The van der Waals surface area contributed by atoms with Crippen molar-refractivity contribution in [1.29, 1.82) is 5.26 Å². The molecule has 0 fully saturated rings. The van der Waals surface area contributed by atoms with Crippen LogP contribution in [0.3, 0.4) is 0 Å². The first-order chi connectivity index (χ1) is 9.56. The molecule has 4 N–H and O–H groups in total. The Hall–Kier alpha value is -2.79. The molecule has 0 atom stereocenters. The number of pyridine rings is 1. The van der Waals surface area contributed by atoms with Crippen molar-refractivity contribution in [1.82, 2.24) is 4.98 Å². The Morgan fingerprint density at radius 3 is 2.45 bits per heavy atom. The zero-order valence-corrected chi connectivity index (χ0v) is 9.92. The van der Waals surface area contributed by atoms with E-state index in [1.165, 1.54) is 12.1 Å². The molecule has 20 heavy (non-hydrogen) atoms. The number of hydrogen-bond donors (Lipinski definition) is 3. The fourth-order valence-corrected chi connectivity index (χ4v) is 1.52. The van der Waals surface area contributed by atoms with E-state index in [-0.39, 0.29) is 22.9 Å². The second-order valence-electron chi connectivity index (χ2n) is 3.69. The smallest absolute Gasteiger partial charge is 0.178 e. The minimum atomic E-state index is -1.00. The Morgan fingerprint density at radius 2 is 1.80 bits per heavy atom.